The van der Waals surface area contributed by atoms with Gasteiger partial charge in [-0.1, -0.05) is 140 Å². The van der Waals surface area contributed by atoms with Gasteiger partial charge in [-0.15, -0.1) is 0 Å². The Morgan fingerprint density at radius 3 is 1.92 bits per heavy atom. The fourth-order valence-corrected chi connectivity index (χ4v) is 8.12. The molecule has 0 bridgehead atoms. The molecule has 1 aromatic heterocycles. The minimum atomic E-state index is 0.929. The van der Waals surface area contributed by atoms with E-state index in [2.05, 4.69) is 194 Å². The van der Waals surface area contributed by atoms with E-state index in [1.54, 1.807) is 0 Å². The third-order valence-corrected chi connectivity index (χ3v) is 10.8. The molecule has 1 aliphatic rings. The Morgan fingerprint density at radius 1 is 0.472 bits per heavy atom. The molecule has 8 aromatic carbocycles. The van der Waals surface area contributed by atoms with Crippen molar-refractivity contribution in [1.82, 2.24) is 0 Å². The van der Waals surface area contributed by atoms with Crippen LogP contribution in [0.15, 0.2) is 180 Å². The van der Waals surface area contributed by atoms with Crippen LogP contribution >= 0.6 is 0 Å². The summed E-state index contributed by atoms with van der Waals surface area (Å²) in [6, 6.07) is 61.7. The minimum absolute atomic E-state index is 0.929. The molecule has 2 nitrogen and oxygen atoms in total. The van der Waals surface area contributed by atoms with Crippen LogP contribution in [0.4, 0.5) is 17.1 Å². The highest BCUT2D eigenvalue weighted by Gasteiger charge is 2.17. The molecule has 0 saturated heterocycles. The molecule has 0 saturated carbocycles. The van der Waals surface area contributed by atoms with E-state index in [4.69, 9.17) is 4.42 Å². The topological polar surface area (TPSA) is 16.4 Å². The van der Waals surface area contributed by atoms with Gasteiger partial charge >= 0.3 is 0 Å². The van der Waals surface area contributed by atoms with Gasteiger partial charge in [0.15, 0.2) is 0 Å². The second-order valence-corrected chi connectivity index (χ2v) is 14.1. The van der Waals surface area contributed by atoms with Gasteiger partial charge in [0.1, 0.15) is 11.2 Å². The lowest BCUT2D eigenvalue weighted by Crippen LogP contribution is -2.10. The number of fused-ring (bicyclic) bond motifs is 5. The number of hydrogen-bond donors (Lipinski definition) is 0. The first-order chi connectivity index (χ1) is 26.2. The van der Waals surface area contributed by atoms with Crippen molar-refractivity contribution < 1.29 is 4.42 Å². The van der Waals surface area contributed by atoms with Gasteiger partial charge in [0.2, 0.25) is 0 Å². The van der Waals surface area contributed by atoms with Crippen LogP contribution in [0.2, 0.25) is 0 Å². The first-order valence-electron chi connectivity index (χ1n) is 18.5. The van der Waals surface area contributed by atoms with Crippen molar-refractivity contribution in [2.75, 3.05) is 4.90 Å². The molecule has 10 rings (SSSR count). The average Bonchev–Trinajstić information content (AvgIpc) is 3.62. The lowest BCUT2D eigenvalue weighted by Gasteiger charge is -2.26. The zero-order valence-electron chi connectivity index (χ0n) is 29.6. The zero-order valence-corrected chi connectivity index (χ0v) is 29.6. The lowest BCUT2D eigenvalue weighted by molar-refractivity contribution is 0.667. The van der Waals surface area contributed by atoms with Crippen LogP contribution in [-0.2, 0) is 6.42 Å². The van der Waals surface area contributed by atoms with Crippen molar-refractivity contribution in [3.8, 4) is 33.4 Å². The van der Waals surface area contributed by atoms with Crippen LogP contribution in [0.5, 0.6) is 0 Å². The number of hydrogen-bond acceptors (Lipinski definition) is 2. The summed E-state index contributed by atoms with van der Waals surface area (Å²) in [4.78, 5) is 2.36. The Bertz CT molecular complexity index is 2830. The van der Waals surface area contributed by atoms with Crippen molar-refractivity contribution in [2.24, 2.45) is 0 Å². The van der Waals surface area contributed by atoms with Gasteiger partial charge in [0.25, 0.3) is 0 Å². The maximum Gasteiger partial charge on any atom is 0.143 e. The van der Waals surface area contributed by atoms with Gasteiger partial charge in [-0.25, -0.2) is 0 Å². The number of furan rings is 1. The Balaban J connectivity index is 1.07. The third-order valence-electron chi connectivity index (χ3n) is 10.8. The van der Waals surface area contributed by atoms with Gasteiger partial charge in [-0.05, 0) is 118 Å². The molecular weight excluding hydrogens is 643 g/mol. The summed E-state index contributed by atoms with van der Waals surface area (Å²) < 4.78 is 6.53. The summed E-state index contributed by atoms with van der Waals surface area (Å²) in [5.41, 5.74) is 16.2. The summed E-state index contributed by atoms with van der Waals surface area (Å²) >= 11 is 0. The molecule has 252 valence electrons. The largest absolute Gasteiger partial charge is 0.455 e. The van der Waals surface area contributed by atoms with Crippen LogP contribution in [0, 0.1) is 6.92 Å². The number of rotatable bonds is 6. The summed E-state index contributed by atoms with van der Waals surface area (Å²) in [5, 5.41) is 4.82. The Hall–Kier alpha value is -6.64. The van der Waals surface area contributed by atoms with Gasteiger partial charge in [-0.2, -0.15) is 0 Å². The number of para-hydroxylation sites is 2. The molecule has 0 amide bonds. The number of anilines is 3. The Labute approximate surface area is 309 Å². The van der Waals surface area contributed by atoms with Gasteiger partial charge in [0, 0.05) is 33.4 Å². The van der Waals surface area contributed by atoms with E-state index in [9.17, 15) is 0 Å². The number of aryl methyl sites for hydroxylation is 2. The van der Waals surface area contributed by atoms with E-state index >= 15 is 0 Å². The molecule has 0 atom stereocenters. The smallest absolute Gasteiger partial charge is 0.143 e. The lowest BCUT2D eigenvalue weighted by atomic mass is 9.93. The number of allylic oxidation sites excluding steroid dienone is 1. The highest BCUT2D eigenvalue weighted by molar-refractivity contribution is 6.10. The van der Waals surface area contributed by atoms with E-state index in [0.717, 1.165) is 68.5 Å². The van der Waals surface area contributed by atoms with E-state index in [1.807, 2.05) is 0 Å². The summed E-state index contributed by atoms with van der Waals surface area (Å²) in [6.07, 6.45) is 6.77. The maximum absolute atomic E-state index is 6.53. The zero-order chi connectivity index (χ0) is 35.3. The van der Waals surface area contributed by atoms with E-state index < -0.39 is 0 Å². The highest BCUT2D eigenvalue weighted by Crippen LogP contribution is 2.41. The normalized spacial score (nSPS) is 12.4. The fraction of sp³-hybridized carbons (Fsp3) is 0.0588. The molecule has 0 spiro atoms. The fourth-order valence-electron chi connectivity index (χ4n) is 8.12. The van der Waals surface area contributed by atoms with E-state index in [1.165, 1.54) is 44.2 Å². The predicted molar refractivity (Wildman–Crippen MR) is 224 cm³/mol. The summed E-state index contributed by atoms with van der Waals surface area (Å²) in [6.45, 7) is 2.11. The van der Waals surface area contributed by atoms with Crippen molar-refractivity contribution in [3.05, 3.63) is 193 Å². The molecule has 0 radical (unpaired) electrons. The number of nitrogens with zero attached hydrogens (tertiary/aromatic N) is 1. The van der Waals surface area contributed by atoms with Crippen molar-refractivity contribution >= 4 is 55.8 Å². The highest BCUT2D eigenvalue weighted by atomic mass is 16.3. The SMILES string of the molecule is Cc1cccc2c1oc1c(-c3ccc(N(c4ccc(-c5cccc6ccccc56)cc4)c4cccc(-c5ccc6c(c5)C=CCC6)c4)cc3)cccc12. The standard InChI is InChI=1S/C51H37NO/c1-34-10-6-20-48-49-21-9-19-47(51(49)53-50(34)48)38-26-30-43(31-27-38)52(42-28-24-37(25-29-42)46-18-8-14-36-12-4-5-17-45(36)46)44-16-7-15-40(33-44)41-23-22-35-11-2-3-13-39(35)32-41/h3-10,12-33H,2,11H2,1H3. The molecule has 2 heteroatoms. The van der Waals surface area contributed by atoms with Crippen molar-refractivity contribution in [2.45, 2.75) is 19.8 Å². The third kappa shape index (κ3) is 5.51. The predicted octanol–water partition coefficient (Wildman–Crippen LogP) is 14.5. The van der Waals surface area contributed by atoms with Crippen molar-refractivity contribution in [1.29, 1.82) is 0 Å². The quantitative estimate of drug-likeness (QED) is 0.174. The van der Waals surface area contributed by atoms with Crippen LogP contribution in [0.3, 0.4) is 0 Å². The molecule has 53 heavy (non-hydrogen) atoms. The molecule has 9 aromatic rings. The minimum Gasteiger partial charge on any atom is -0.455 e. The Kier molecular flexibility index (Phi) is 7.54. The summed E-state index contributed by atoms with van der Waals surface area (Å²) in [7, 11) is 0. The second kappa shape index (κ2) is 12.8. The Morgan fingerprint density at radius 2 is 1.09 bits per heavy atom. The number of benzene rings is 8. The van der Waals surface area contributed by atoms with Gasteiger partial charge in [0.05, 0.1) is 0 Å². The van der Waals surface area contributed by atoms with Crippen LogP contribution < -0.4 is 4.90 Å². The first-order valence-corrected chi connectivity index (χ1v) is 18.5. The molecule has 0 unspecified atom stereocenters. The molecule has 0 fully saturated rings. The molecular formula is C51H37NO. The maximum atomic E-state index is 6.53. The van der Waals surface area contributed by atoms with Crippen LogP contribution in [-0.4, -0.2) is 0 Å². The average molecular weight is 680 g/mol. The van der Waals surface area contributed by atoms with Crippen molar-refractivity contribution in [3.63, 3.8) is 0 Å². The molecule has 0 aliphatic heterocycles. The first kappa shape index (κ1) is 31.1. The van der Waals surface area contributed by atoms with Gasteiger partial charge < -0.3 is 9.32 Å². The van der Waals surface area contributed by atoms with E-state index in [-0.39, 0.29) is 0 Å². The van der Waals surface area contributed by atoms with E-state index in [0.29, 0.717) is 0 Å². The molecule has 0 N–H and O–H groups in total. The molecule has 1 heterocycles. The summed E-state index contributed by atoms with van der Waals surface area (Å²) in [5.74, 6) is 0. The van der Waals surface area contributed by atoms with Crippen LogP contribution in [0.25, 0.3) is 72.2 Å². The second-order valence-electron chi connectivity index (χ2n) is 14.1. The monoisotopic (exact) mass is 679 g/mol. The van der Waals surface area contributed by atoms with Crippen LogP contribution in [0.1, 0.15) is 23.1 Å². The van der Waals surface area contributed by atoms with Gasteiger partial charge in [-0.3, -0.25) is 0 Å². The molecule has 1 aliphatic carbocycles.